The van der Waals surface area contributed by atoms with E-state index in [9.17, 15) is 0 Å². The van der Waals surface area contributed by atoms with Gasteiger partial charge in [0.15, 0.2) is 0 Å². The molecule has 5 nitrogen and oxygen atoms in total. The third-order valence-electron chi connectivity index (χ3n) is 4.18. The third kappa shape index (κ3) is 3.04. The van der Waals surface area contributed by atoms with Gasteiger partial charge in [0.25, 0.3) is 0 Å². The number of aromatic nitrogens is 2. The van der Waals surface area contributed by atoms with Crippen LogP contribution in [-0.2, 0) is 0 Å². The van der Waals surface area contributed by atoms with Crippen molar-refractivity contribution in [1.29, 1.82) is 0 Å². The standard InChI is InChI=1S/C20H18N4O/c1-13(23-24-20-21-18-5-3-4-6-19(18)22-20)14-7-8-16-12-17(25-2)10-9-15(16)11-14/h3-12H,1-2H3,(H2,21,22,24)/b23-13+. The molecule has 1 heterocycles. The van der Waals surface area contributed by atoms with E-state index in [0.29, 0.717) is 5.95 Å². The van der Waals surface area contributed by atoms with Gasteiger partial charge in [-0.15, -0.1) is 0 Å². The maximum absolute atomic E-state index is 5.27. The van der Waals surface area contributed by atoms with E-state index in [4.69, 9.17) is 4.74 Å². The molecule has 0 radical (unpaired) electrons. The Labute approximate surface area is 145 Å². The maximum atomic E-state index is 5.27. The van der Waals surface area contributed by atoms with Crippen molar-refractivity contribution in [1.82, 2.24) is 9.97 Å². The van der Waals surface area contributed by atoms with Crippen LogP contribution in [0, 0.1) is 0 Å². The lowest BCUT2D eigenvalue weighted by atomic mass is 10.0. The van der Waals surface area contributed by atoms with Crippen LogP contribution in [0.3, 0.4) is 0 Å². The van der Waals surface area contributed by atoms with Crippen molar-refractivity contribution in [3.05, 3.63) is 66.2 Å². The summed E-state index contributed by atoms with van der Waals surface area (Å²) in [6.07, 6.45) is 0. The molecule has 1 aromatic heterocycles. The van der Waals surface area contributed by atoms with Crippen molar-refractivity contribution in [2.75, 3.05) is 12.5 Å². The van der Waals surface area contributed by atoms with Crippen LogP contribution in [0.15, 0.2) is 65.8 Å². The number of hydrogen-bond acceptors (Lipinski definition) is 4. The molecule has 0 aliphatic heterocycles. The lowest BCUT2D eigenvalue weighted by Gasteiger charge is -2.06. The number of hydrazone groups is 1. The highest BCUT2D eigenvalue weighted by molar-refractivity contribution is 6.02. The van der Waals surface area contributed by atoms with Gasteiger partial charge in [0.05, 0.1) is 23.9 Å². The molecule has 0 fully saturated rings. The monoisotopic (exact) mass is 330 g/mol. The van der Waals surface area contributed by atoms with E-state index in [1.165, 1.54) is 0 Å². The minimum absolute atomic E-state index is 0.631. The highest BCUT2D eigenvalue weighted by Crippen LogP contribution is 2.22. The molecule has 5 heteroatoms. The summed E-state index contributed by atoms with van der Waals surface area (Å²) in [5.74, 6) is 1.49. The van der Waals surface area contributed by atoms with E-state index in [2.05, 4.69) is 44.8 Å². The molecule has 2 N–H and O–H groups in total. The van der Waals surface area contributed by atoms with Gasteiger partial charge in [0.1, 0.15) is 5.75 Å². The van der Waals surface area contributed by atoms with Crippen molar-refractivity contribution in [2.24, 2.45) is 5.10 Å². The molecule has 4 aromatic rings. The molecule has 0 atom stereocenters. The smallest absolute Gasteiger partial charge is 0.222 e. The summed E-state index contributed by atoms with van der Waals surface area (Å²) >= 11 is 0. The van der Waals surface area contributed by atoms with E-state index in [0.717, 1.165) is 38.8 Å². The molecular formula is C20H18N4O. The second-order valence-electron chi connectivity index (χ2n) is 5.84. The normalized spacial score (nSPS) is 11.8. The number of methoxy groups -OCH3 is 1. The van der Waals surface area contributed by atoms with Crippen LogP contribution < -0.4 is 10.2 Å². The molecule has 0 aliphatic carbocycles. The quantitative estimate of drug-likeness (QED) is 0.426. The minimum Gasteiger partial charge on any atom is -0.497 e. The molecule has 0 spiro atoms. The number of rotatable bonds is 4. The Morgan fingerprint density at radius 1 is 1.04 bits per heavy atom. The third-order valence-corrected chi connectivity index (χ3v) is 4.18. The number of aromatic amines is 1. The molecule has 25 heavy (non-hydrogen) atoms. The number of para-hydroxylation sites is 2. The predicted octanol–water partition coefficient (Wildman–Crippen LogP) is 4.56. The molecular weight excluding hydrogens is 312 g/mol. The molecule has 124 valence electrons. The summed E-state index contributed by atoms with van der Waals surface area (Å²) in [5, 5.41) is 6.74. The highest BCUT2D eigenvalue weighted by Gasteiger charge is 2.03. The lowest BCUT2D eigenvalue weighted by molar-refractivity contribution is 0.415. The fourth-order valence-electron chi connectivity index (χ4n) is 2.78. The van der Waals surface area contributed by atoms with Crippen molar-refractivity contribution in [3.63, 3.8) is 0 Å². The number of anilines is 1. The number of H-pyrrole nitrogens is 1. The molecule has 0 saturated carbocycles. The molecule has 4 rings (SSSR count). The number of fused-ring (bicyclic) bond motifs is 2. The summed E-state index contributed by atoms with van der Waals surface area (Å²) < 4.78 is 5.27. The van der Waals surface area contributed by atoms with Crippen molar-refractivity contribution in [2.45, 2.75) is 6.92 Å². The molecule has 0 saturated heterocycles. The predicted molar refractivity (Wildman–Crippen MR) is 102 cm³/mol. The molecule has 3 aromatic carbocycles. The second kappa shape index (κ2) is 6.28. The number of imidazole rings is 1. The number of benzene rings is 3. The number of nitrogens with one attached hydrogen (secondary N) is 2. The van der Waals surface area contributed by atoms with Gasteiger partial charge < -0.3 is 9.72 Å². The van der Waals surface area contributed by atoms with Gasteiger partial charge in [-0.25, -0.2) is 10.4 Å². The topological polar surface area (TPSA) is 62.3 Å². The number of hydrogen-bond donors (Lipinski definition) is 2. The highest BCUT2D eigenvalue weighted by atomic mass is 16.5. The number of nitrogens with zero attached hydrogens (tertiary/aromatic N) is 2. The summed E-state index contributed by atoms with van der Waals surface area (Å²) in [4.78, 5) is 7.66. The average molecular weight is 330 g/mol. The van der Waals surface area contributed by atoms with Gasteiger partial charge in [-0.3, -0.25) is 0 Å². The first-order chi connectivity index (χ1) is 12.2. The second-order valence-corrected chi connectivity index (χ2v) is 5.84. The summed E-state index contributed by atoms with van der Waals surface area (Å²) in [6, 6.07) is 20.2. The first-order valence-corrected chi connectivity index (χ1v) is 8.06. The summed E-state index contributed by atoms with van der Waals surface area (Å²) in [7, 11) is 1.68. The minimum atomic E-state index is 0.631. The lowest BCUT2D eigenvalue weighted by Crippen LogP contribution is -2.00. The van der Waals surface area contributed by atoms with Crippen LogP contribution in [-0.4, -0.2) is 22.8 Å². The van der Waals surface area contributed by atoms with Gasteiger partial charge in [0.2, 0.25) is 5.95 Å². The van der Waals surface area contributed by atoms with Gasteiger partial charge >= 0.3 is 0 Å². The van der Waals surface area contributed by atoms with E-state index in [1.54, 1.807) is 7.11 Å². The summed E-state index contributed by atoms with van der Waals surface area (Å²) in [6.45, 7) is 1.97. The first-order valence-electron chi connectivity index (χ1n) is 8.06. The van der Waals surface area contributed by atoms with Gasteiger partial charge in [-0.1, -0.05) is 30.3 Å². The Morgan fingerprint density at radius 3 is 2.68 bits per heavy atom. The molecule has 0 unspecified atom stereocenters. The van der Waals surface area contributed by atoms with E-state index in [-0.39, 0.29) is 0 Å². The Balaban J connectivity index is 1.59. The van der Waals surface area contributed by atoms with Crippen LogP contribution in [0.25, 0.3) is 21.8 Å². The number of ether oxygens (including phenoxy) is 1. The van der Waals surface area contributed by atoms with Gasteiger partial charge in [-0.05, 0) is 53.6 Å². The fraction of sp³-hybridized carbons (Fsp3) is 0.100. The Bertz CT molecular complexity index is 1050. The Morgan fingerprint density at radius 2 is 1.84 bits per heavy atom. The van der Waals surface area contributed by atoms with Crippen LogP contribution in [0.2, 0.25) is 0 Å². The van der Waals surface area contributed by atoms with Crippen molar-refractivity contribution >= 4 is 33.5 Å². The average Bonchev–Trinajstić information content (AvgIpc) is 3.08. The van der Waals surface area contributed by atoms with E-state index >= 15 is 0 Å². The van der Waals surface area contributed by atoms with Crippen LogP contribution in [0.5, 0.6) is 5.75 Å². The molecule has 0 amide bonds. The first kappa shape index (κ1) is 15.2. The Hall–Kier alpha value is -3.34. The van der Waals surface area contributed by atoms with Crippen molar-refractivity contribution in [3.8, 4) is 5.75 Å². The van der Waals surface area contributed by atoms with Crippen LogP contribution in [0.4, 0.5) is 5.95 Å². The van der Waals surface area contributed by atoms with Gasteiger partial charge in [-0.2, -0.15) is 5.10 Å². The zero-order chi connectivity index (χ0) is 17.2. The zero-order valence-corrected chi connectivity index (χ0v) is 14.1. The SMILES string of the molecule is COc1ccc2cc(/C(C)=N/Nc3nc4ccccc4[nH]3)ccc2c1. The van der Waals surface area contributed by atoms with Crippen LogP contribution >= 0.6 is 0 Å². The van der Waals surface area contributed by atoms with Gasteiger partial charge in [0, 0.05) is 0 Å². The fourth-order valence-corrected chi connectivity index (χ4v) is 2.78. The van der Waals surface area contributed by atoms with Crippen LogP contribution in [0.1, 0.15) is 12.5 Å². The molecule has 0 bridgehead atoms. The van der Waals surface area contributed by atoms with E-state index < -0.39 is 0 Å². The largest absolute Gasteiger partial charge is 0.497 e. The maximum Gasteiger partial charge on any atom is 0.222 e. The molecule has 0 aliphatic rings. The van der Waals surface area contributed by atoms with E-state index in [1.807, 2.05) is 43.3 Å². The summed E-state index contributed by atoms with van der Waals surface area (Å²) in [5.41, 5.74) is 6.84. The Kier molecular flexibility index (Phi) is 3.82. The van der Waals surface area contributed by atoms with Crippen molar-refractivity contribution < 1.29 is 4.74 Å². The zero-order valence-electron chi connectivity index (χ0n) is 14.1.